The molecule has 1 amide bonds. The normalized spacial score (nSPS) is 10.9. The number of carbonyl (C=O) groups is 1. The van der Waals surface area contributed by atoms with E-state index in [1.165, 1.54) is 7.11 Å². The van der Waals surface area contributed by atoms with E-state index >= 15 is 0 Å². The van der Waals surface area contributed by atoms with Gasteiger partial charge in [0.05, 0.1) is 7.11 Å². The van der Waals surface area contributed by atoms with Crippen molar-refractivity contribution < 1.29 is 31.8 Å². The topological polar surface area (TPSA) is 47.6 Å². The molecule has 0 aromatic heterocycles. The van der Waals surface area contributed by atoms with Crippen LogP contribution >= 0.6 is 0 Å². The summed E-state index contributed by atoms with van der Waals surface area (Å²) in [7, 11) is 1.21. The lowest BCUT2D eigenvalue weighted by atomic mass is 10.3. The fraction of sp³-hybridized carbons (Fsp3) is 0.300. The Hall–Kier alpha value is -1.99. The third-order valence-corrected chi connectivity index (χ3v) is 1.76. The average Bonchev–Trinajstić information content (AvgIpc) is 2.28. The molecule has 0 fully saturated rings. The predicted octanol–water partition coefficient (Wildman–Crippen LogP) is 2.95. The fourth-order valence-electron chi connectivity index (χ4n) is 1.04. The Kier molecular flexibility index (Phi) is 4.35. The Morgan fingerprint density at radius 3 is 2.61 bits per heavy atom. The van der Waals surface area contributed by atoms with Crippen LogP contribution in [0.25, 0.3) is 0 Å². The number of halogens is 4. The van der Waals surface area contributed by atoms with Crippen molar-refractivity contribution in [1.82, 2.24) is 0 Å². The summed E-state index contributed by atoms with van der Waals surface area (Å²) in [5, 5.41) is 2.01. The summed E-state index contributed by atoms with van der Waals surface area (Å²) in [4.78, 5) is 11.0. The Morgan fingerprint density at radius 1 is 1.39 bits per heavy atom. The molecule has 1 aromatic carbocycles. The van der Waals surface area contributed by atoms with E-state index in [0.717, 1.165) is 18.2 Å². The summed E-state index contributed by atoms with van der Waals surface area (Å²) in [6.45, 7) is -1.70. The lowest BCUT2D eigenvalue weighted by Gasteiger charge is -2.10. The van der Waals surface area contributed by atoms with Crippen LogP contribution in [0.3, 0.4) is 0 Å². The molecule has 0 unspecified atom stereocenters. The molecule has 0 saturated heterocycles. The molecule has 1 aromatic rings. The molecular formula is C10H9F4NO3. The van der Waals surface area contributed by atoms with Gasteiger partial charge in [-0.1, -0.05) is 0 Å². The van der Waals surface area contributed by atoms with Gasteiger partial charge < -0.3 is 9.47 Å². The second-order valence-corrected chi connectivity index (χ2v) is 3.17. The van der Waals surface area contributed by atoms with Crippen molar-refractivity contribution in [2.75, 3.05) is 19.0 Å². The van der Waals surface area contributed by atoms with Crippen molar-refractivity contribution in [3.8, 4) is 5.75 Å². The maximum absolute atomic E-state index is 13.0. The predicted molar refractivity (Wildman–Crippen MR) is 54.0 cm³/mol. The van der Waals surface area contributed by atoms with Crippen molar-refractivity contribution in [2.24, 2.45) is 0 Å². The maximum Gasteiger partial charge on any atom is 0.422 e. The molecule has 0 aliphatic carbocycles. The highest BCUT2D eigenvalue weighted by molar-refractivity contribution is 5.84. The van der Waals surface area contributed by atoms with Crippen LogP contribution in [0, 0.1) is 5.82 Å². The Balaban J connectivity index is 2.59. The first kappa shape index (κ1) is 14.1. The molecule has 1 rings (SSSR count). The largest absolute Gasteiger partial charge is 0.494 e. The molecule has 0 radical (unpaired) electrons. The van der Waals surface area contributed by atoms with Crippen LogP contribution in [0.2, 0.25) is 0 Å². The molecule has 0 aliphatic heterocycles. The first-order chi connectivity index (χ1) is 8.31. The molecule has 0 aliphatic rings. The van der Waals surface area contributed by atoms with Crippen molar-refractivity contribution >= 4 is 11.8 Å². The van der Waals surface area contributed by atoms with Gasteiger partial charge in [-0.05, 0) is 12.1 Å². The number of hydrogen-bond acceptors (Lipinski definition) is 3. The number of carbonyl (C=O) groups excluding carboxylic acids is 1. The molecule has 100 valence electrons. The van der Waals surface area contributed by atoms with E-state index in [4.69, 9.17) is 0 Å². The zero-order chi connectivity index (χ0) is 13.8. The van der Waals surface area contributed by atoms with Crippen LogP contribution in [-0.4, -0.2) is 26.0 Å². The number of rotatable bonds is 3. The van der Waals surface area contributed by atoms with Gasteiger partial charge in [-0.25, -0.2) is 9.18 Å². The summed E-state index contributed by atoms with van der Waals surface area (Å²) in [5.74, 6) is -0.810. The molecule has 0 bridgehead atoms. The fourth-order valence-corrected chi connectivity index (χ4v) is 1.04. The standard InChI is InChI=1S/C10H9F4NO3/c1-17-8-4-6(2-3-7(8)11)15-9(16)18-5-10(12,13)14/h2-4H,5H2,1H3,(H,15,16). The summed E-state index contributed by atoms with van der Waals surface area (Å²) in [5.41, 5.74) is 0.0559. The van der Waals surface area contributed by atoms with Crippen LogP contribution < -0.4 is 10.1 Å². The smallest absolute Gasteiger partial charge is 0.422 e. The number of alkyl halides is 3. The van der Waals surface area contributed by atoms with Crippen LogP contribution in [-0.2, 0) is 4.74 Å². The zero-order valence-corrected chi connectivity index (χ0v) is 9.18. The van der Waals surface area contributed by atoms with E-state index < -0.39 is 24.7 Å². The third kappa shape index (κ3) is 4.48. The summed E-state index contributed by atoms with van der Waals surface area (Å²) in [6, 6.07) is 3.27. The van der Waals surface area contributed by atoms with Gasteiger partial charge in [0.25, 0.3) is 0 Å². The molecule has 0 atom stereocenters. The van der Waals surface area contributed by atoms with Gasteiger partial charge in [-0.2, -0.15) is 13.2 Å². The van der Waals surface area contributed by atoms with Gasteiger partial charge in [-0.3, -0.25) is 5.32 Å². The van der Waals surface area contributed by atoms with Crippen molar-refractivity contribution in [1.29, 1.82) is 0 Å². The van der Waals surface area contributed by atoms with Crippen LogP contribution in [0.15, 0.2) is 18.2 Å². The number of nitrogens with one attached hydrogen (secondary N) is 1. The molecule has 0 saturated carbocycles. The molecule has 4 nitrogen and oxygen atoms in total. The zero-order valence-electron chi connectivity index (χ0n) is 9.18. The van der Waals surface area contributed by atoms with Crippen LogP contribution in [0.4, 0.5) is 28.0 Å². The van der Waals surface area contributed by atoms with Crippen molar-refractivity contribution in [3.63, 3.8) is 0 Å². The summed E-state index contributed by atoms with van der Waals surface area (Å²) >= 11 is 0. The minimum Gasteiger partial charge on any atom is -0.494 e. The lowest BCUT2D eigenvalue weighted by molar-refractivity contribution is -0.159. The van der Waals surface area contributed by atoms with E-state index in [1.54, 1.807) is 0 Å². The molecule has 18 heavy (non-hydrogen) atoms. The van der Waals surface area contributed by atoms with E-state index in [0.29, 0.717) is 0 Å². The number of amides is 1. The Morgan fingerprint density at radius 2 is 2.06 bits per heavy atom. The van der Waals surface area contributed by atoms with Gasteiger partial charge in [0.1, 0.15) is 0 Å². The van der Waals surface area contributed by atoms with E-state index in [9.17, 15) is 22.4 Å². The van der Waals surface area contributed by atoms with Crippen molar-refractivity contribution in [3.05, 3.63) is 24.0 Å². The van der Waals surface area contributed by atoms with E-state index in [1.807, 2.05) is 5.32 Å². The third-order valence-electron chi connectivity index (χ3n) is 1.76. The minimum absolute atomic E-state index is 0.0559. The van der Waals surface area contributed by atoms with Crippen molar-refractivity contribution in [2.45, 2.75) is 6.18 Å². The summed E-state index contributed by atoms with van der Waals surface area (Å²) in [6.07, 6.45) is -5.89. The number of methoxy groups -OCH3 is 1. The lowest BCUT2D eigenvalue weighted by Crippen LogP contribution is -2.23. The van der Waals surface area contributed by atoms with Gasteiger partial charge in [-0.15, -0.1) is 0 Å². The first-order valence-electron chi connectivity index (χ1n) is 4.66. The monoisotopic (exact) mass is 267 g/mol. The van der Waals surface area contributed by atoms with Gasteiger partial charge in [0, 0.05) is 11.8 Å². The number of anilines is 1. The Bertz CT molecular complexity index is 434. The summed E-state index contributed by atoms with van der Waals surface area (Å²) < 4.78 is 56.8. The number of benzene rings is 1. The second kappa shape index (κ2) is 5.56. The van der Waals surface area contributed by atoms with E-state index in [-0.39, 0.29) is 11.4 Å². The highest BCUT2D eigenvalue weighted by Gasteiger charge is 2.29. The molecular weight excluding hydrogens is 258 g/mol. The molecule has 1 N–H and O–H groups in total. The Labute approximate surface area is 99.5 Å². The number of hydrogen-bond donors (Lipinski definition) is 1. The van der Waals surface area contributed by atoms with Gasteiger partial charge in [0.2, 0.25) is 0 Å². The molecule has 0 spiro atoms. The average molecular weight is 267 g/mol. The second-order valence-electron chi connectivity index (χ2n) is 3.17. The van der Waals surface area contributed by atoms with Gasteiger partial charge in [0.15, 0.2) is 18.2 Å². The first-order valence-corrected chi connectivity index (χ1v) is 4.66. The van der Waals surface area contributed by atoms with E-state index in [2.05, 4.69) is 9.47 Å². The quantitative estimate of drug-likeness (QED) is 0.856. The molecule has 0 heterocycles. The van der Waals surface area contributed by atoms with Crippen LogP contribution in [0.5, 0.6) is 5.75 Å². The maximum atomic E-state index is 13.0. The molecule has 8 heteroatoms. The highest BCUT2D eigenvalue weighted by Crippen LogP contribution is 2.21. The van der Waals surface area contributed by atoms with Crippen LogP contribution in [0.1, 0.15) is 0 Å². The SMILES string of the molecule is COc1cc(NC(=O)OCC(F)(F)F)ccc1F. The number of ether oxygens (including phenoxy) is 2. The minimum atomic E-state index is -4.60. The van der Waals surface area contributed by atoms with Gasteiger partial charge >= 0.3 is 12.3 Å². The highest BCUT2D eigenvalue weighted by atomic mass is 19.4.